The molecule has 0 amide bonds. The van der Waals surface area contributed by atoms with E-state index in [2.05, 4.69) is 17.6 Å². The Balaban J connectivity index is 3.11. The van der Waals surface area contributed by atoms with Crippen LogP contribution in [0.25, 0.3) is 6.08 Å². The van der Waals surface area contributed by atoms with Crippen molar-refractivity contribution in [3.05, 3.63) is 34.6 Å². The molecule has 15 heavy (non-hydrogen) atoms. The van der Waals surface area contributed by atoms with E-state index in [0.717, 1.165) is 6.07 Å². The molecule has 0 bridgehead atoms. The molecule has 82 valence electrons. The number of nitrogens with zero attached hydrogens (tertiary/aromatic N) is 1. The summed E-state index contributed by atoms with van der Waals surface area (Å²) < 4.78 is 36.9. The molecule has 0 atom stereocenters. The van der Waals surface area contributed by atoms with Crippen LogP contribution in [0.15, 0.2) is 18.2 Å². The van der Waals surface area contributed by atoms with Crippen LogP contribution in [0.4, 0.5) is 13.2 Å². The number of alkyl halides is 3. The maximum absolute atomic E-state index is 12.3. The lowest BCUT2D eigenvalue weighted by Crippen LogP contribution is -2.08. The van der Waals surface area contributed by atoms with Gasteiger partial charge in [0.15, 0.2) is 0 Å². The smallest absolute Gasteiger partial charge is 0.232 e. The third-order valence-corrected chi connectivity index (χ3v) is 1.93. The van der Waals surface area contributed by atoms with Gasteiger partial charge in [-0.05, 0) is 17.7 Å². The van der Waals surface area contributed by atoms with Crippen LogP contribution in [-0.2, 0) is 6.18 Å². The van der Waals surface area contributed by atoms with Crippen LogP contribution >= 0.6 is 24.2 Å². The minimum Gasteiger partial charge on any atom is -0.232 e. The number of hydrogen-bond donors (Lipinski definition) is 1. The van der Waals surface area contributed by atoms with E-state index in [1.807, 2.05) is 0 Å². The highest BCUT2D eigenvalue weighted by atomic mass is 35.5. The van der Waals surface area contributed by atoms with Crippen LogP contribution in [0.1, 0.15) is 11.3 Å². The zero-order chi connectivity index (χ0) is 11.5. The summed E-state index contributed by atoms with van der Waals surface area (Å²) in [5.41, 5.74) is -0.634. The second kappa shape index (κ2) is 4.90. The van der Waals surface area contributed by atoms with E-state index in [1.54, 1.807) is 6.08 Å². The second-order valence-electron chi connectivity index (χ2n) is 2.69. The molecule has 1 aromatic rings. The maximum Gasteiger partial charge on any atom is 0.433 e. The number of pyridine rings is 1. The molecule has 0 fully saturated rings. The van der Waals surface area contributed by atoms with Crippen molar-refractivity contribution in [2.24, 2.45) is 0 Å². The Kier molecular flexibility index (Phi) is 4.04. The highest BCUT2D eigenvalue weighted by Gasteiger charge is 2.32. The molecule has 0 aliphatic rings. The summed E-state index contributed by atoms with van der Waals surface area (Å²) in [5.74, 6) is 0.446. The summed E-state index contributed by atoms with van der Waals surface area (Å²) in [6.45, 7) is 0. The van der Waals surface area contributed by atoms with E-state index >= 15 is 0 Å². The molecule has 1 nitrogen and oxygen atoms in total. The van der Waals surface area contributed by atoms with Gasteiger partial charge in [0, 0.05) is 5.75 Å². The Labute approximate surface area is 95.4 Å². The van der Waals surface area contributed by atoms with Gasteiger partial charge in [0.05, 0.1) is 0 Å². The summed E-state index contributed by atoms with van der Waals surface area (Å²) >= 11 is 9.37. The topological polar surface area (TPSA) is 12.9 Å². The number of halogens is 4. The Morgan fingerprint density at radius 3 is 2.60 bits per heavy atom. The molecular weight excluding hydrogens is 247 g/mol. The van der Waals surface area contributed by atoms with Crippen molar-refractivity contribution in [3.8, 4) is 0 Å². The lowest BCUT2D eigenvalue weighted by Gasteiger charge is -2.06. The highest BCUT2D eigenvalue weighted by molar-refractivity contribution is 7.80. The van der Waals surface area contributed by atoms with Gasteiger partial charge in [-0.2, -0.15) is 25.8 Å². The van der Waals surface area contributed by atoms with Crippen LogP contribution in [0.2, 0.25) is 5.15 Å². The summed E-state index contributed by atoms with van der Waals surface area (Å²) in [4.78, 5) is 3.20. The molecule has 1 rings (SSSR count). The third kappa shape index (κ3) is 3.76. The number of rotatable bonds is 2. The quantitative estimate of drug-likeness (QED) is 0.626. The Bertz CT molecular complexity index is 376. The van der Waals surface area contributed by atoms with Gasteiger partial charge in [-0.25, -0.2) is 4.98 Å². The van der Waals surface area contributed by atoms with Crippen molar-refractivity contribution in [1.29, 1.82) is 0 Å². The average molecular weight is 254 g/mol. The minimum absolute atomic E-state index is 0.177. The first-order chi connectivity index (χ1) is 6.93. The standard InChI is InChI=1S/C9H7ClF3NS/c10-8-5-6(2-1-3-15)4-7(14-8)9(11,12)13/h1-2,4-5,15H,3H2. The summed E-state index contributed by atoms with van der Waals surface area (Å²) in [7, 11) is 0. The average Bonchev–Trinajstić information content (AvgIpc) is 2.12. The molecule has 0 radical (unpaired) electrons. The predicted octanol–water partition coefficient (Wildman–Crippen LogP) is 3.70. The molecule has 0 spiro atoms. The SMILES string of the molecule is FC(F)(F)c1cc(C=CCS)cc(Cl)n1. The summed E-state index contributed by atoms with van der Waals surface area (Å²) in [5, 5.41) is -0.177. The van der Waals surface area contributed by atoms with E-state index in [0.29, 0.717) is 11.3 Å². The fourth-order valence-corrected chi connectivity index (χ4v) is 1.27. The molecular formula is C9H7ClF3NS. The lowest BCUT2D eigenvalue weighted by atomic mass is 10.2. The first-order valence-electron chi connectivity index (χ1n) is 3.95. The maximum atomic E-state index is 12.3. The van der Waals surface area contributed by atoms with Crippen molar-refractivity contribution in [3.63, 3.8) is 0 Å². The predicted molar refractivity (Wildman–Crippen MR) is 57.1 cm³/mol. The highest BCUT2D eigenvalue weighted by Crippen LogP contribution is 2.29. The minimum atomic E-state index is -4.48. The van der Waals surface area contributed by atoms with Gasteiger partial charge in [0.2, 0.25) is 0 Å². The molecule has 0 aliphatic carbocycles. The Morgan fingerprint density at radius 1 is 1.40 bits per heavy atom. The van der Waals surface area contributed by atoms with Crippen molar-refractivity contribution in [2.45, 2.75) is 6.18 Å². The molecule has 0 unspecified atom stereocenters. The van der Waals surface area contributed by atoms with Crippen LogP contribution in [0.5, 0.6) is 0 Å². The van der Waals surface area contributed by atoms with Crippen LogP contribution in [0, 0.1) is 0 Å². The number of aromatic nitrogens is 1. The van der Waals surface area contributed by atoms with Crippen molar-refractivity contribution >= 4 is 30.3 Å². The first-order valence-corrected chi connectivity index (χ1v) is 4.96. The van der Waals surface area contributed by atoms with Crippen molar-refractivity contribution < 1.29 is 13.2 Å². The second-order valence-corrected chi connectivity index (χ2v) is 3.44. The van der Waals surface area contributed by atoms with E-state index in [-0.39, 0.29) is 5.15 Å². The fourth-order valence-electron chi connectivity index (χ4n) is 0.947. The van der Waals surface area contributed by atoms with Crippen molar-refractivity contribution in [2.75, 3.05) is 5.75 Å². The van der Waals surface area contributed by atoms with Gasteiger partial charge in [0.25, 0.3) is 0 Å². The molecule has 1 aromatic heterocycles. The third-order valence-electron chi connectivity index (χ3n) is 1.52. The normalized spacial score (nSPS) is 12.3. The van der Waals surface area contributed by atoms with Gasteiger partial charge in [-0.1, -0.05) is 23.8 Å². The number of thiol groups is 1. The van der Waals surface area contributed by atoms with Gasteiger partial charge >= 0.3 is 6.18 Å². The van der Waals surface area contributed by atoms with Gasteiger partial charge in [0.1, 0.15) is 10.8 Å². The molecule has 0 aromatic carbocycles. The van der Waals surface area contributed by atoms with Crippen molar-refractivity contribution in [1.82, 2.24) is 4.98 Å². The summed E-state index contributed by atoms with van der Waals surface area (Å²) in [6, 6.07) is 2.29. The zero-order valence-corrected chi connectivity index (χ0v) is 9.07. The molecule has 0 N–H and O–H groups in total. The van der Waals surface area contributed by atoms with E-state index in [9.17, 15) is 13.2 Å². The zero-order valence-electron chi connectivity index (χ0n) is 7.42. The van der Waals surface area contributed by atoms with Gasteiger partial charge in [-0.3, -0.25) is 0 Å². The Hall–Kier alpha value is -0.680. The fraction of sp³-hybridized carbons (Fsp3) is 0.222. The van der Waals surface area contributed by atoms with Crippen LogP contribution in [-0.4, -0.2) is 10.7 Å². The molecule has 0 saturated carbocycles. The van der Waals surface area contributed by atoms with E-state index in [1.165, 1.54) is 12.1 Å². The molecule has 0 aliphatic heterocycles. The van der Waals surface area contributed by atoms with Gasteiger partial charge < -0.3 is 0 Å². The summed E-state index contributed by atoms with van der Waals surface area (Å²) in [6.07, 6.45) is -1.35. The number of hydrogen-bond acceptors (Lipinski definition) is 2. The molecule has 6 heteroatoms. The monoisotopic (exact) mass is 253 g/mol. The lowest BCUT2D eigenvalue weighted by molar-refractivity contribution is -0.141. The van der Waals surface area contributed by atoms with Crippen LogP contribution < -0.4 is 0 Å². The van der Waals surface area contributed by atoms with Gasteiger partial charge in [-0.15, -0.1) is 0 Å². The van der Waals surface area contributed by atoms with Crippen LogP contribution in [0.3, 0.4) is 0 Å². The first kappa shape index (κ1) is 12.4. The largest absolute Gasteiger partial charge is 0.433 e. The van der Waals surface area contributed by atoms with E-state index in [4.69, 9.17) is 11.6 Å². The molecule has 1 heterocycles. The Morgan fingerprint density at radius 2 is 2.07 bits per heavy atom. The van der Waals surface area contributed by atoms with E-state index < -0.39 is 11.9 Å². The molecule has 0 saturated heterocycles.